The number of allylic oxidation sites excluding steroid dienone is 1. The molecule has 3 nitrogen and oxygen atoms in total. The summed E-state index contributed by atoms with van der Waals surface area (Å²) in [5.74, 6) is 1.17. The lowest BCUT2D eigenvalue weighted by Crippen LogP contribution is -2.38. The van der Waals surface area contributed by atoms with Crippen LogP contribution in [0.25, 0.3) is 0 Å². The Morgan fingerprint density at radius 3 is 2.16 bits per heavy atom. The molecule has 0 aromatic carbocycles. The first kappa shape index (κ1) is 18.0. The first-order chi connectivity index (χ1) is 8.60. The lowest BCUT2D eigenvalue weighted by Gasteiger charge is -2.23. The monoisotopic (exact) mass is 269 g/mol. The van der Waals surface area contributed by atoms with Crippen LogP contribution in [-0.2, 0) is 4.74 Å². The predicted octanol–water partition coefficient (Wildman–Crippen LogP) is 4.53. The summed E-state index contributed by atoms with van der Waals surface area (Å²) >= 11 is 0. The maximum atomic E-state index is 11.8. The summed E-state index contributed by atoms with van der Waals surface area (Å²) in [6, 6.07) is 0.0496. The molecule has 1 amide bonds. The minimum Gasteiger partial charge on any atom is -0.444 e. The number of amides is 1. The topological polar surface area (TPSA) is 38.3 Å². The number of hydrogen-bond donors (Lipinski definition) is 1. The number of ether oxygens (including phenoxy) is 1. The summed E-state index contributed by atoms with van der Waals surface area (Å²) in [7, 11) is 0. The van der Waals surface area contributed by atoms with Gasteiger partial charge in [0.1, 0.15) is 5.60 Å². The van der Waals surface area contributed by atoms with Crippen LogP contribution in [0.15, 0.2) is 12.2 Å². The van der Waals surface area contributed by atoms with Crippen LogP contribution in [0.5, 0.6) is 0 Å². The normalized spacial score (nSPS) is 14.2. The number of rotatable bonds is 6. The van der Waals surface area contributed by atoms with Gasteiger partial charge in [-0.15, -0.1) is 0 Å². The van der Waals surface area contributed by atoms with Gasteiger partial charge in [0.25, 0.3) is 0 Å². The summed E-state index contributed by atoms with van der Waals surface area (Å²) in [6.45, 7) is 14.3. The van der Waals surface area contributed by atoms with Crippen molar-refractivity contribution in [2.45, 2.75) is 73.0 Å². The third kappa shape index (κ3) is 11.8. The van der Waals surface area contributed by atoms with Crippen molar-refractivity contribution in [2.24, 2.45) is 11.8 Å². The fourth-order valence-corrected chi connectivity index (χ4v) is 1.67. The van der Waals surface area contributed by atoms with Crippen LogP contribution in [0.1, 0.15) is 61.3 Å². The minimum absolute atomic E-state index is 0.0496. The average molecular weight is 269 g/mol. The van der Waals surface area contributed by atoms with E-state index < -0.39 is 5.60 Å². The van der Waals surface area contributed by atoms with E-state index in [1.165, 1.54) is 0 Å². The third-order valence-corrected chi connectivity index (χ3v) is 2.40. The molecule has 0 saturated heterocycles. The van der Waals surface area contributed by atoms with Crippen LogP contribution in [0.3, 0.4) is 0 Å². The summed E-state index contributed by atoms with van der Waals surface area (Å²) in [4.78, 5) is 11.8. The molecule has 0 aliphatic carbocycles. The fraction of sp³-hybridized carbons (Fsp3) is 0.812. The molecule has 0 saturated carbocycles. The molecule has 0 aromatic heterocycles. The zero-order valence-electron chi connectivity index (χ0n) is 13.6. The third-order valence-electron chi connectivity index (χ3n) is 2.40. The molecule has 1 N–H and O–H groups in total. The largest absolute Gasteiger partial charge is 0.444 e. The van der Waals surface area contributed by atoms with E-state index in [2.05, 4.69) is 45.2 Å². The van der Waals surface area contributed by atoms with Crippen molar-refractivity contribution < 1.29 is 9.53 Å². The molecule has 1 unspecified atom stereocenters. The van der Waals surface area contributed by atoms with E-state index in [0.29, 0.717) is 11.8 Å². The zero-order chi connectivity index (χ0) is 15.1. The molecule has 1 atom stereocenters. The number of hydrogen-bond acceptors (Lipinski definition) is 2. The van der Waals surface area contributed by atoms with Gasteiger partial charge in [-0.05, 0) is 45.4 Å². The Kier molecular flexibility index (Phi) is 7.81. The van der Waals surface area contributed by atoms with Gasteiger partial charge in [0, 0.05) is 0 Å². The van der Waals surface area contributed by atoms with Crippen molar-refractivity contribution in [1.82, 2.24) is 5.32 Å². The van der Waals surface area contributed by atoms with E-state index in [4.69, 9.17) is 4.74 Å². The Bertz CT molecular complexity index is 288. The van der Waals surface area contributed by atoms with Crippen LogP contribution >= 0.6 is 0 Å². The van der Waals surface area contributed by atoms with Gasteiger partial charge in [0.15, 0.2) is 0 Å². The van der Waals surface area contributed by atoms with E-state index in [-0.39, 0.29) is 12.1 Å². The zero-order valence-corrected chi connectivity index (χ0v) is 13.6. The Morgan fingerprint density at radius 1 is 1.16 bits per heavy atom. The average Bonchev–Trinajstić information content (AvgIpc) is 2.11. The van der Waals surface area contributed by atoms with Crippen LogP contribution in [0.2, 0.25) is 0 Å². The number of carbonyl (C=O) groups is 1. The van der Waals surface area contributed by atoms with Crippen molar-refractivity contribution in [1.29, 1.82) is 0 Å². The van der Waals surface area contributed by atoms with Gasteiger partial charge >= 0.3 is 6.09 Å². The quantitative estimate of drug-likeness (QED) is 0.719. The summed E-state index contributed by atoms with van der Waals surface area (Å²) in [6.07, 6.45) is 5.85. The number of carbonyl (C=O) groups excluding carboxylic acids is 1. The molecule has 0 aliphatic rings. The predicted molar refractivity (Wildman–Crippen MR) is 81.2 cm³/mol. The molecule has 0 heterocycles. The highest BCUT2D eigenvalue weighted by atomic mass is 16.6. The van der Waals surface area contributed by atoms with E-state index >= 15 is 0 Å². The van der Waals surface area contributed by atoms with Gasteiger partial charge in [-0.2, -0.15) is 0 Å². The van der Waals surface area contributed by atoms with Gasteiger partial charge in [0.2, 0.25) is 0 Å². The second-order valence-corrected chi connectivity index (χ2v) is 6.94. The van der Waals surface area contributed by atoms with Gasteiger partial charge in [-0.25, -0.2) is 4.79 Å². The standard InChI is InChI=1S/C16H31NO2/c1-12(2)9-8-10-14(11-13(3)4)17-15(18)19-16(5,6)7/h8,10,12-14H,9,11H2,1-7H3,(H,17,18). The van der Waals surface area contributed by atoms with Gasteiger partial charge in [-0.3, -0.25) is 0 Å². The number of nitrogens with one attached hydrogen (secondary N) is 1. The molecule has 19 heavy (non-hydrogen) atoms. The van der Waals surface area contributed by atoms with E-state index in [0.717, 1.165) is 12.8 Å². The second-order valence-electron chi connectivity index (χ2n) is 6.94. The van der Waals surface area contributed by atoms with Crippen LogP contribution in [-0.4, -0.2) is 17.7 Å². The van der Waals surface area contributed by atoms with Gasteiger partial charge < -0.3 is 10.1 Å². The number of alkyl carbamates (subject to hydrolysis) is 1. The molecule has 0 rings (SSSR count). The van der Waals surface area contributed by atoms with Crippen molar-refractivity contribution in [3.8, 4) is 0 Å². The highest BCUT2D eigenvalue weighted by Gasteiger charge is 2.18. The first-order valence-corrected chi connectivity index (χ1v) is 7.26. The Morgan fingerprint density at radius 2 is 1.74 bits per heavy atom. The van der Waals surface area contributed by atoms with E-state index in [1.807, 2.05) is 20.8 Å². The molecule has 0 spiro atoms. The Balaban J connectivity index is 4.42. The maximum absolute atomic E-state index is 11.8. The van der Waals surface area contributed by atoms with Crippen LogP contribution in [0.4, 0.5) is 4.79 Å². The van der Waals surface area contributed by atoms with Gasteiger partial charge in [0.05, 0.1) is 6.04 Å². The lowest BCUT2D eigenvalue weighted by atomic mass is 10.0. The molecule has 112 valence electrons. The van der Waals surface area contributed by atoms with Crippen LogP contribution in [0, 0.1) is 11.8 Å². The molecular formula is C16H31NO2. The van der Waals surface area contributed by atoms with Crippen LogP contribution < -0.4 is 5.32 Å². The van der Waals surface area contributed by atoms with E-state index in [1.54, 1.807) is 0 Å². The van der Waals surface area contributed by atoms with Crippen molar-refractivity contribution in [3.05, 3.63) is 12.2 Å². The first-order valence-electron chi connectivity index (χ1n) is 7.26. The molecular weight excluding hydrogens is 238 g/mol. The summed E-state index contributed by atoms with van der Waals surface area (Å²) in [5, 5.41) is 2.93. The SMILES string of the molecule is CC(C)CC=CC(CC(C)C)NC(=O)OC(C)(C)C. The van der Waals surface area contributed by atoms with Gasteiger partial charge in [-0.1, -0.05) is 39.8 Å². The smallest absolute Gasteiger partial charge is 0.408 e. The molecule has 0 aromatic rings. The molecule has 0 radical (unpaired) electrons. The highest BCUT2D eigenvalue weighted by molar-refractivity contribution is 5.68. The Hall–Kier alpha value is -0.990. The molecule has 0 aliphatic heterocycles. The Labute approximate surface area is 118 Å². The lowest BCUT2D eigenvalue weighted by molar-refractivity contribution is 0.0510. The van der Waals surface area contributed by atoms with Crippen molar-refractivity contribution >= 4 is 6.09 Å². The summed E-state index contributed by atoms with van der Waals surface area (Å²) in [5.41, 5.74) is -0.450. The maximum Gasteiger partial charge on any atom is 0.408 e. The van der Waals surface area contributed by atoms with E-state index in [9.17, 15) is 4.79 Å². The molecule has 0 fully saturated rings. The van der Waals surface area contributed by atoms with Crippen molar-refractivity contribution in [3.63, 3.8) is 0 Å². The van der Waals surface area contributed by atoms with Crippen molar-refractivity contribution in [2.75, 3.05) is 0 Å². The summed E-state index contributed by atoms with van der Waals surface area (Å²) < 4.78 is 5.29. The highest BCUT2D eigenvalue weighted by Crippen LogP contribution is 2.11. The molecule has 3 heteroatoms. The fourth-order valence-electron chi connectivity index (χ4n) is 1.67. The second kappa shape index (κ2) is 8.23. The molecule has 0 bridgehead atoms. The minimum atomic E-state index is -0.450.